The number of hydrogen-bond acceptors (Lipinski definition) is 3. The molecule has 0 bridgehead atoms. The van der Waals surface area contributed by atoms with Gasteiger partial charge in [-0.1, -0.05) is 60.2 Å². The van der Waals surface area contributed by atoms with Gasteiger partial charge in [0.2, 0.25) is 0 Å². The van der Waals surface area contributed by atoms with E-state index in [2.05, 4.69) is 11.0 Å². The highest BCUT2D eigenvalue weighted by molar-refractivity contribution is 6.41. The largest absolute Gasteiger partial charge is 0.349 e. The fraction of sp³-hybridized carbons (Fsp3) is 0.185. The summed E-state index contributed by atoms with van der Waals surface area (Å²) in [5.41, 5.74) is 5.72. The predicted molar refractivity (Wildman–Crippen MR) is 125 cm³/mol. The second kappa shape index (κ2) is 8.42. The Labute approximate surface area is 187 Å². The lowest BCUT2D eigenvalue weighted by Crippen LogP contribution is -2.45. The molecule has 2 aliphatic heterocycles. The third-order valence-corrected chi connectivity index (χ3v) is 5.88. The second-order valence-corrected chi connectivity index (χ2v) is 8.37. The van der Waals surface area contributed by atoms with Crippen LogP contribution in [0.5, 0.6) is 0 Å². The SMILES string of the molecule is Cc1cccc(CC2=NC3=C(Cc4cccc(F)c4)CN(c4ccccc4)CN3C2=O)c1. The molecule has 0 unspecified atom stereocenters. The average Bonchev–Trinajstić information content (AvgIpc) is 3.10. The van der Waals surface area contributed by atoms with Gasteiger partial charge in [0.15, 0.2) is 0 Å². The zero-order valence-corrected chi connectivity index (χ0v) is 18.0. The van der Waals surface area contributed by atoms with E-state index in [9.17, 15) is 9.18 Å². The summed E-state index contributed by atoms with van der Waals surface area (Å²) in [5.74, 6) is 0.403. The average molecular weight is 426 g/mol. The summed E-state index contributed by atoms with van der Waals surface area (Å²) in [4.78, 5) is 22.1. The van der Waals surface area contributed by atoms with Gasteiger partial charge in [0.1, 0.15) is 24.0 Å². The standard InChI is InChI=1S/C27H24FN3O/c1-19-7-5-8-20(13-19)16-25-27(32)31-18-30(24-11-3-2-4-12-24)17-22(26(31)29-25)14-21-9-6-10-23(28)15-21/h2-13,15H,14,16-18H2,1H3. The van der Waals surface area contributed by atoms with Gasteiger partial charge in [-0.3, -0.25) is 9.69 Å². The maximum atomic E-state index is 13.8. The van der Waals surface area contributed by atoms with Crippen LogP contribution in [0.2, 0.25) is 0 Å². The molecule has 3 aromatic rings. The molecule has 0 aliphatic carbocycles. The van der Waals surface area contributed by atoms with E-state index in [-0.39, 0.29) is 11.7 Å². The Bertz CT molecular complexity index is 1230. The molecule has 32 heavy (non-hydrogen) atoms. The van der Waals surface area contributed by atoms with Gasteiger partial charge < -0.3 is 4.90 Å². The molecule has 0 radical (unpaired) electrons. The Morgan fingerprint density at radius 3 is 2.41 bits per heavy atom. The summed E-state index contributed by atoms with van der Waals surface area (Å²) in [6.07, 6.45) is 1.04. The van der Waals surface area contributed by atoms with E-state index in [1.807, 2.05) is 61.5 Å². The van der Waals surface area contributed by atoms with E-state index in [1.54, 1.807) is 17.0 Å². The van der Waals surface area contributed by atoms with Crippen molar-refractivity contribution in [1.29, 1.82) is 0 Å². The molecule has 5 rings (SSSR count). The maximum absolute atomic E-state index is 13.8. The van der Waals surface area contributed by atoms with Crippen molar-refractivity contribution in [3.63, 3.8) is 0 Å². The van der Waals surface area contributed by atoms with Gasteiger partial charge >= 0.3 is 0 Å². The van der Waals surface area contributed by atoms with Gasteiger partial charge in [-0.05, 0) is 54.3 Å². The van der Waals surface area contributed by atoms with Gasteiger partial charge in [-0.2, -0.15) is 0 Å². The lowest BCUT2D eigenvalue weighted by molar-refractivity contribution is -0.121. The summed E-state index contributed by atoms with van der Waals surface area (Å²) in [6.45, 7) is 3.13. The number of anilines is 1. The molecule has 0 atom stereocenters. The number of carbonyl (C=O) groups is 1. The molecule has 0 aromatic heterocycles. The Balaban J connectivity index is 1.50. The van der Waals surface area contributed by atoms with E-state index in [0.29, 0.717) is 37.6 Å². The van der Waals surface area contributed by atoms with E-state index in [1.165, 1.54) is 6.07 Å². The number of rotatable bonds is 5. The quantitative estimate of drug-likeness (QED) is 0.583. The topological polar surface area (TPSA) is 35.9 Å². The van der Waals surface area contributed by atoms with Crippen LogP contribution in [0.3, 0.4) is 0 Å². The van der Waals surface area contributed by atoms with Crippen molar-refractivity contribution in [3.8, 4) is 0 Å². The first-order chi connectivity index (χ1) is 15.6. The van der Waals surface area contributed by atoms with Gasteiger partial charge in [0, 0.05) is 18.7 Å². The van der Waals surface area contributed by atoms with E-state index in [4.69, 9.17) is 4.99 Å². The van der Waals surface area contributed by atoms with Crippen LogP contribution in [0.25, 0.3) is 0 Å². The van der Waals surface area contributed by atoms with Crippen molar-refractivity contribution in [1.82, 2.24) is 4.90 Å². The van der Waals surface area contributed by atoms with Gasteiger partial charge in [0.05, 0.1) is 0 Å². The molecule has 1 amide bonds. The number of halogens is 1. The Morgan fingerprint density at radius 1 is 0.906 bits per heavy atom. The molecule has 0 N–H and O–H groups in total. The number of fused-ring (bicyclic) bond motifs is 1. The number of hydrogen-bond donors (Lipinski definition) is 0. The lowest BCUT2D eigenvalue weighted by Gasteiger charge is -2.36. The molecule has 4 nitrogen and oxygen atoms in total. The first-order valence-corrected chi connectivity index (χ1v) is 10.8. The van der Waals surface area contributed by atoms with E-state index < -0.39 is 0 Å². The predicted octanol–water partition coefficient (Wildman–Crippen LogP) is 4.89. The number of aryl methyl sites for hydroxylation is 1. The van der Waals surface area contributed by atoms with Gasteiger partial charge in [0.25, 0.3) is 5.91 Å². The van der Waals surface area contributed by atoms with Crippen molar-refractivity contribution in [3.05, 3.63) is 113 Å². The number of aliphatic imine (C=N–C) groups is 1. The first kappa shape index (κ1) is 20.2. The highest BCUT2D eigenvalue weighted by Crippen LogP contribution is 2.31. The third kappa shape index (κ3) is 4.06. The molecule has 2 aliphatic rings. The number of para-hydroxylation sites is 1. The van der Waals surface area contributed by atoms with E-state index >= 15 is 0 Å². The van der Waals surface area contributed by atoms with Gasteiger partial charge in [-0.15, -0.1) is 0 Å². The van der Waals surface area contributed by atoms with Crippen LogP contribution in [-0.2, 0) is 17.6 Å². The minimum absolute atomic E-state index is 0.0566. The summed E-state index contributed by atoms with van der Waals surface area (Å²) in [7, 11) is 0. The third-order valence-electron chi connectivity index (χ3n) is 5.88. The van der Waals surface area contributed by atoms with Crippen molar-refractivity contribution >= 4 is 17.3 Å². The molecular weight excluding hydrogens is 401 g/mol. The fourth-order valence-corrected chi connectivity index (χ4v) is 4.38. The Kier molecular flexibility index (Phi) is 5.31. The van der Waals surface area contributed by atoms with Crippen LogP contribution in [0.15, 0.2) is 95.2 Å². The number of carbonyl (C=O) groups excluding carboxylic acids is 1. The Morgan fingerprint density at radius 2 is 1.66 bits per heavy atom. The minimum Gasteiger partial charge on any atom is -0.349 e. The highest BCUT2D eigenvalue weighted by atomic mass is 19.1. The van der Waals surface area contributed by atoms with Crippen LogP contribution in [-0.4, -0.2) is 29.7 Å². The van der Waals surface area contributed by atoms with Gasteiger partial charge in [-0.25, -0.2) is 9.38 Å². The van der Waals surface area contributed by atoms with E-state index in [0.717, 1.165) is 28.0 Å². The fourth-order valence-electron chi connectivity index (χ4n) is 4.38. The minimum atomic E-state index is -0.258. The van der Waals surface area contributed by atoms with Crippen LogP contribution < -0.4 is 4.90 Å². The number of nitrogens with zero attached hydrogens (tertiary/aromatic N) is 3. The second-order valence-electron chi connectivity index (χ2n) is 8.37. The summed E-state index contributed by atoms with van der Waals surface area (Å²) in [6, 6.07) is 24.8. The normalized spacial score (nSPS) is 15.8. The zero-order valence-electron chi connectivity index (χ0n) is 18.0. The summed E-state index contributed by atoms with van der Waals surface area (Å²) >= 11 is 0. The lowest BCUT2D eigenvalue weighted by atomic mass is 10.0. The Hall–Kier alpha value is -3.73. The highest BCUT2D eigenvalue weighted by Gasteiger charge is 2.36. The molecule has 0 saturated heterocycles. The van der Waals surface area contributed by atoms with Crippen LogP contribution in [0, 0.1) is 12.7 Å². The monoisotopic (exact) mass is 425 g/mol. The molecule has 5 heteroatoms. The molecule has 0 fully saturated rings. The summed E-state index contributed by atoms with van der Waals surface area (Å²) < 4.78 is 13.8. The van der Waals surface area contributed by atoms with Crippen molar-refractivity contribution in [2.45, 2.75) is 19.8 Å². The summed E-state index contributed by atoms with van der Waals surface area (Å²) in [5, 5.41) is 0. The molecule has 0 spiro atoms. The molecule has 0 saturated carbocycles. The first-order valence-electron chi connectivity index (χ1n) is 10.8. The molecular formula is C27H24FN3O. The van der Waals surface area contributed by atoms with Crippen LogP contribution >= 0.6 is 0 Å². The number of benzene rings is 3. The maximum Gasteiger partial charge on any atom is 0.275 e. The smallest absolute Gasteiger partial charge is 0.275 e. The van der Waals surface area contributed by atoms with Crippen molar-refractivity contribution < 1.29 is 9.18 Å². The van der Waals surface area contributed by atoms with Crippen molar-refractivity contribution in [2.75, 3.05) is 18.1 Å². The molecule has 3 aromatic carbocycles. The molecule has 2 heterocycles. The zero-order chi connectivity index (χ0) is 22.1. The number of amides is 1. The van der Waals surface area contributed by atoms with Crippen molar-refractivity contribution in [2.24, 2.45) is 4.99 Å². The van der Waals surface area contributed by atoms with Crippen LogP contribution in [0.4, 0.5) is 10.1 Å². The van der Waals surface area contributed by atoms with Crippen LogP contribution in [0.1, 0.15) is 16.7 Å². The molecule has 160 valence electrons.